The molecule has 0 spiro atoms. The third-order valence-corrected chi connectivity index (χ3v) is 15.4. The van der Waals surface area contributed by atoms with Gasteiger partial charge in [-0.25, -0.2) is 21.6 Å². The molecule has 0 unspecified atom stereocenters. The second kappa shape index (κ2) is 18.6. The first-order chi connectivity index (χ1) is 29.7. The van der Waals surface area contributed by atoms with E-state index >= 15 is 0 Å². The van der Waals surface area contributed by atoms with Gasteiger partial charge >= 0.3 is 5.51 Å². The van der Waals surface area contributed by atoms with E-state index in [0.29, 0.717) is 55.8 Å². The number of nitrogens with zero attached hydrogens (tertiary/aromatic N) is 3. The van der Waals surface area contributed by atoms with Gasteiger partial charge in [0.2, 0.25) is 0 Å². The lowest BCUT2D eigenvalue weighted by Gasteiger charge is -2.39. The van der Waals surface area contributed by atoms with E-state index in [2.05, 4.69) is 41.1 Å². The highest BCUT2D eigenvalue weighted by atomic mass is 35.5. The smallest absolute Gasteiger partial charge is 0.455 e. The molecular formula is C45H50Cl2F3N5O6S2. The molecule has 63 heavy (non-hydrogen) atoms. The van der Waals surface area contributed by atoms with Crippen LogP contribution < -0.4 is 19.7 Å². The van der Waals surface area contributed by atoms with Crippen LogP contribution in [0.5, 0.6) is 11.5 Å². The molecule has 3 aliphatic rings. The van der Waals surface area contributed by atoms with Crippen LogP contribution in [0.4, 0.5) is 24.5 Å². The van der Waals surface area contributed by atoms with Gasteiger partial charge in [0.05, 0.1) is 21.2 Å². The summed E-state index contributed by atoms with van der Waals surface area (Å²) in [6, 6.07) is 21.2. The Hall–Kier alpha value is -4.32. The summed E-state index contributed by atoms with van der Waals surface area (Å²) >= 11 is 12.6. The number of amides is 1. The number of piperidine rings is 1. The van der Waals surface area contributed by atoms with Gasteiger partial charge in [0.1, 0.15) is 16.4 Å². The van der Waals surface area contributed by atoms with Crippen molar-refractivity contribution in [3.05, 3.63) is 112 Å². The van der Waals surface area contributed by atoms with Crippen molar-refractivity contribution in [1.29, 1.82) is 0 Å². The highest BCUT2D eigenvalue weighted by Gasteiger charge is 2.48. The van der Waals surface area contributed by atoms with Gasteiger partial charge in [-0.1, -0.05) is 66.9 Å². The van der Waals surface area contributed by atoms with Crippen LogP contribution in [0.3, 0.4) is 0 Å². The zero-order valence-corrected chi connectivity index (χ0v) is 38.3. The number of allylic oxidation sites excluding steroid dienone is 1. The molecule has 2 heterocycles. The summed E-state index contributed by atoms with van der Waals surface area (Å²) in [4.78, 5) is 18.3. The Morgan fingerprint density at radius 1 is 0.857 bits per heavy atom. The summed E-state index contributed by atoms with van der Waals surface area (Å²) in [5.41, 5.74) is -1.47. The number of benzene rings is 4. The van der Waals surface area contributed by atoms with E-state index in [1.54, 1.807) is 36.4 Å². The quantitative estimate of drug-likeness (QED) is 0.142. The van der Waals surface area contributed by atoms with E-state index in [4.69, 9.17) is 27.9 Å². The molecule has 4 aromatic rings. The molecule has 0 saturated carbocycles. The third kappa shape index (κ3) is 11.0. The number of alkyl halides is 3. The van der Waals surface area contributed by atoms with Crippen LogP contribution in [0.1, 0.15) is 61.9 Å². The van der Waals surface area contributed by atoms with Crippen LogP contribution in [-0.4, -0.2) is 97.0 Å². The molecule has 2 N–H and O–H groups in total. The lowest BCUT2D eigenvalue weighted by molar-refractivity contribution is -0.0435. The number of rotatable bonds is 12. The van der Waals surface area contributed by atoms with Crippen LogP contribution >= 0.6 is 23.2 Å². The van der Waals surface area contributed by atoms with Crippen molar-refractivity contribution < 1.29 is 39.5 Å². The first-order valence-corrected chi connectivity index (χ1v) is 24.4. The van der Waals surface area contributed by atoms with E-state index in [1.165, 1.54) is 22.8 Å². The molecule has 0 atom stereocenters. The number of sulfone groups is 1. The van der Waals surface area contributed by atoms with Gasteiger partial charge in [-0.05, 0) is 123 Å². The zero-order chi connectivity index (χ0) is 45.3. The first kappa shape index (κ1) is 46.7. The summed E-state index contributed by atoms with van der Waals surface area (Å²) in [5, 5.41) is 3.79. The van der Waals surface area contributed by atoms with Gasteiger partial charge in [-0.2, -0.15) is 13.2 Å². The Morgan fingerprint density at radius 2 is 1.54 bits per heavy atom. The molecule has 4 aromatic carbocycles. The normalized spacial score (nSPS) is 18.3. The third-order valence-electron chi connectivity index (χ3n) is 12.0. The predicted molar refractivity (Wildman–Crippen MR) is 241 cm³/mol. The number of halogens is 5. The SMILES string of the molecule is CN1CCC(Nc2ccc(S(=O)(=O)NC(=O)c3ccc(N4CCN(CC5=C(c6ccc(Cl)cc6)CC(C)(C)CC5)CC4)cc3Oc3ccccc3Cl)cc2S(=O)(=O)C(F)(F)F)CC1. The van der Waals surface area contributed by atoms with E-state index in [-0.39, 0.29) is 33.5 Å². The molecule has 1 aliphatic carbocycles. The summed E-state index contributed by atoms with van der Waals surface area (Å²) in [5.74, 6) is -1.01. The molecule has 18 heteroatoms. The van der Waals surface area contributed by atoms with E-state index in [9.17, 15) is 34.8 Å². The Bertz CT molecular complexity index is 2590. The van der Waals surface area contributed by atoms with E-state index in [1.807, 2.05) is 28.8 Å². The van der Waals surface area contributed by atoms with Crippen molar-refractivity contribution in [2.75, 3.05) is 63.1 Å². The topological polar surface area (TPSA) is 128 Å². The van der Waals surface area contributed by atoms with Gasteiger partial charge in [-0.15, -0.1) is 0 Å². The number of carbonyl (C=O) groups excluding carboxylic acids is 1. The fourth-order valence-corrected chi connectivity index (χ4v) is 10.6. The number of likely N-dealkylation sites (tertiary alicyclic amines) is 1. The number of ether oxygens (including phenoxy) is 1. The van der Waals surface area contributed by atoms with Crippen molar-refractivity contribution in [2.24, 2.45) is 5.41 Å². The summed E-state index contributed by atoms with van der Waals surface area (Å²) in [6.07, 6.45) is 4.12. The maximum atomic E-state index is 14.0. The summed E-state index contributed by atoms with van der Waals surface area (Å²) < 4.78 is 103. The van der Waals surface area contributed by atoms with Gasteiger partial charge in [0, 0.05) is 55.5 Å². The molecule has 7 rings (SSSR count). The summed E-state index contributed by atoms with van der Waals surface area (Å²) in [6.45, 7) is 9.48. The standard InChI is InChI=1S/C45H50Cl2F3N5O6S2/c1-44(2)19-16-31(37(28-44)30-8-10-32(46)11-9-30)29-54-22-24-55(25-23-54)34-12-14-36(41(26-34)61-40-7-5-4-6-38(40)47)43(56)52-63(59,60)35-13-15-39(51-33-17-20-53(3)21-18-33)42(27-35)62(57,58)45(48,49)50/h4-15,26-27,33,51H,16-25,28-29H2,1-3H3,(H,52,56). The maximum Gasteiger partial charge on any atom is 0.501 e. The number of piperazine rings is 1. The second-order valence-corrected chi connectivity index (χ2v) is 21.6. The van der Waals surface area contributed by atoms with Crippen molar-refractivity contribution in [2.45, 2.75) is 67.3 Å². The van der Waals surface area contributed by atoms with Crippen LogP contribution in [0.25, 0.3) is 5.57 Å². The van der Waals surface area contributed by atoms with Crippen molar-refractivity contribution in [1.82, 2.24) is 14.5 Å². The number of anilines is 2. The van der Waals surface area contributed by atoms with Crippen LogP contribution in [0, 0.1) is 5.41 Å². The molecule has 1 amide bonds. The minimum Gasteiger partial charge on any atom is -0.455 e. The Labute approximate surface area is 377 Å². The fourth-order valence-electron chi connectivity index (χ4n) is 8.27. The largest absolute Gasteiger partial charge is 0.501 e. The molecule has 11 nitrogen and oxygen atoms in total. The van der Waals surface area contributed by atoms with E-state index in [0.717, 1.165) is 51.0 Å². The Balaban J connectivity index is 1.12. The van der Waals surface area contributed by atoms with E-state index < -0.39 is 46.8 Å². The molecule has 2 saturated heterocycles. The monoisotopic (exact) mass is 947 g/mol. The minimum atomic E-state index is -6.02. The molecule has 0 aromatic heterocycles. The molecule has 338 valence electrons. The van der Waals surface area contributed by atoms with Crippen molar-refractivity contribution >= 4 is 65.9 Å². The van der Waals surface area contributed by atoms with Crippen molar-refractivity contribution in [3.8, 4) is 11.5 Å². The van der Waals surface area contributed by atoms with Crippen LogP contribution in [0.2, 0.25) is 10.0 Å². The molecule has 2 aliphatic heterocycles. The number of nitrogens with one attached hydrogen (secondary N) is 2. The van der Waals surface area contributed by atoms with Gasteiger partial charge in [0.15, 0.2) is 0 Å². The van der Waals surface area contributed by atoms with Gasteiger partial charge in [-0.3, -0.25) is 9.69 Å². The molecule has 2 fully saturated rings. The average Bonchev–Trinajstić information content (AvgIpc) is 3.23. The zero-order valence-electron chi connectivity index (χ0n) is 35.1. The predicted octanol–water partition coefficient (Wildman–Crippen LogP) is 9.49. The number of sulfonamides is 1. The van der Waals surface area contributed by atoms with Crippen LogP contribution in [0.15, 0.2) is 100 Å². The highest BCUT2D eigenvalue weighted by Crippen LogP contribution is 2.44. The molecule has 0 radical (unpaired) electrons. The number of hydrogen-bond donors (Lipinski definition) is 2. The lowest BCUT2D eigenvalue weighted by atomic mass is 9.72. The summed E-state index contributed by atoms with van der Waals surface area (Å²) in [7, 11) is -9.07. The number of hydrogen-bond acceptors (Lipinski definition) is 10. The Morgan fingerprint density at radius 3 is 2.21 bits per heavy atom. The van der Waals surface area contributed by atoms with Gasteiger partial charge in [0.25, 0.3) is 25.8 Å². The van der Waals surface area contributed by atoms with Crippen LogP contribution in [-0.2, 0) is 19.9 Å². The number of carbonyl (C=O) groups is 1. The number of para-hydroxylation sites is 1. The Kier molecular flexibility index (Phi) is 13.8. The fraction of sp³-hybridized carbons (Fsp3) is 0.400. The minimum absolute atomic E-state index is 0.0312. The second-order valence-electron chi connectivity index (χ2n) is 17.2. The average molecular weight is 949 g/mol. The first-order valence-electron chi connectivity index (χ1n) is 20.7. The lowest BCUT2D eigenvalue weighted by Crippen LogP contribution is -2.47. The van der Waals surface area contributed by atoms with Crippen molar-refractivity contribution in [3.63, 3.8) is 0 Å². The van der Waals surface area contributed by atoms with Gasteiger partial charge < -0.3 is 19.9 Å². The molecule has 0 bridgehead atoms. The molecular weight excluding hydrogens is 899 g/mol. The highest BCUT2D eigenvalue weighted by molar-refractivity contribution is 7.92. The maximum absolute atomic E-state index is 14.0.